The van der Waals surface area contributed by atoms with E-state index >= 15 is 0 Å². The fraction of sp³-hybridized carbons (Fsp3) is 0.375. The van der Waals surface area contributed by atoms with Crippen LogP contribution in [0.1, 0.15) is 13.8 Å². The summed E-state index contributed by atoms with van der Waals surface area (Å²) in [5.74, 6) is -0.832. The molecule has 0 aliphatic carbocycles. The molecule has 0 spiro atoms. The van der Waals surface area contributed by atoms with Crippen LogP contribution in [-0.2, 0) is 9.59 Å². The van der Waals surface area contributed by atoms with Crippen LogP contribution in [-0.4, -0.2) is 127 Å². The van der Waals surface area contributed by atoms with Crippen molar-refractivity contribution in [3.8, 4) is 0 Å². The van der Waals surface area contributed by atoms with Crippen molar-refractivity contribution in [3.63, 3.8) is 0 Å². The number of aliphatic hydroxyl groups excluding tert-OH is 2. The van der Waals surface area contributed by atoms with Crippen molar-refractivity contribution in [2.75, 3.05) is 76.8 Å². The molecule has 2 aromatic rings. The highest BCUT2D eigenvalue weighted by atomic mass is 16.2. The Morgan fingerprint density at radius 2 is 0.960 bits per heavy atom. The van der Waals surface area contributed by atoms with E-state index in [9.17, 15) is 19.2 Å². The highest BCUT2D eigenvalue weighted by molar-refractivity contribution is 5.95. The summed E-state index contributed by atoms with van der Waals surface area (Å²) in [4.78, 5) is 63.4. The number of aliphatic imine (C=N–C) groups is 4. The Bertz CT molecular complexity index is 1280. The van der Waals surface area contributed by atoms with Crippen LogP contribution in [0.2, 0.25) is 0 Å². The lowest BCUT2D eigenvalue weighted by atomic mass is 10.3. The summed E-state index contributed by atoms with van der Waals surface area (Å²) in [6.07, 6.45) is 4.19. The summed E-state index contributed by atoms with van der Waals surface area (Å²) in [5, 5.41) is 35.2. The average Bonchev–Trinajstić information content (AvgIpc) is 3.15. The molecule has 276 valence electrons. The number of aliphatic hydroxyl groups is 2. The van der Waals surface area contributed by atoms with E-state index < -0.39 is 36.2 Å². The van der Waals surface area contributed by atoms with E-state index in [1.807, 2.05) is 12.1 Å². The van der Waals surface area contributed by atoms with Gasteiger partial charge in [-0.25, -0.2) is 9.59 Å². The van der Waals surface area contributed by atoms with Crippen LogP contribution in [0.3, 0.4) is 0 Å². The van der Waals surface area contributed by atoms with Crippen LogP contribution in [0.4, 0.5) is 32.3 Å². The largest absolute Gasteiger partial charge is 0.400 e. The van der Waals surface area contributed by atoms with Gasteiger partial charge in [-0.2, -0.15) is 0 Å². The third-order valence-electron chi connectivity index (χ3n) is 5.59. The van der Waals surface area contributed by atoms with Gasteiger partial charge in [0, 0.05) is 77.6 Å². The molecule has 0 bridgehead atoms. The van der Waals surface area contributed by atoms with E-state index in [-0.39, 0.29) is 0 Å². The lowest BCUT2D eigenvalue weighted by Crippen LogP contribution is -2.46. The number of carbonyl (C=O) groups excluding carboxylic acids is 4. The molecule has 2 atom stereocenters. The smallest absolute Gasteiger partial charge is 0.321 e. The van der Waals surface area contributed by atoms with E-state index in [0.717, 1.165) is 25.6 Å². The fourth-order valence-electron chi connectivity index (χ4n) is 3.31. The molecule has 0 radical (unpaired) electrons. The zero-order chi connectivity index (χ0) is 38.2. The van der Waals surface area contributed by atoms with Crippen molar-refractivity contribution in [3.05, 3.63) is 48.5 Å². The number of likely N-dealkylation sites (N-methyl/N-ethyl adjacent to an activating group) is 2. The second-order valence-electron chi connectivity index (χ2n) is 8.80. The Hall–Kier alpha value is -5.88. The summed E-state index contributed by atoms with van der Waals surface area (Å²) in [5.41, 5.74) is 2.93. The molecule has 0 heterocycles. The summed E-state index contributed by atoms with van der Waals surface area (Å²) < 4.78 is 0. The monoisotopic (exact) mass is 700 g/mol. The number of benzene rings is 2. The first-order chi connectivity index (χ1) is 24.2. The Balaban J connectivity index is 0. The minimum absolute atomic E-state index is 0.345. The van der Waals surface area contributed by atoms with Gasteiger partial charge in [0.25, 0.3) is 11.8 Å². The minimum atomic E-state index is -1.01. The van der Waals surface area contributed by atoms with Gasteiger partial charge < -0.3 is 52.7 Å². The highest BCUT2D eigenvalue weighted by Crippen LogP contribution is 2.15. The van der Waals surface area contributed by atoms with Crippen molar-refractivity contribution < 1.29 is 29.4 Å². The first kappa shape index (κ1) is 46.2. The Labute approximate surface area is 293 Å². The predicted molar refractivity (Wildman–Crippen MR) is 203 cm³/mol. The van der Waals surface area contributed by atoms with Crippen LogP contribution >= 0.6 is 0 Å². The van der Waals surface area contributed by atoms with Crippen molar-refractivity contribution in [1.82, 2.24) is 21.3 Å². The molecule has 6 amide bonds. The first-order valence-corrected chi connectivity index (χ1v) is 15.2. The fourth-order valence-corrected chi connectivity index (χ4v) is 3.31. The third-order valence-corrected chi connectivity index (χ3v) is 5.59. The van der Waals surface area contributed by atoms with Gasteiger partial charge in [0.05, 0.1) is 13.1 Å². The Morgan fingerprint density at radius 3 is 1.26 bits per heavy atom. The maximum absolute atomic E-state index is 12.0. The van der Waals surface area contributed by atoms with E-state index in [2.05, 4.69) is 62.5 Å². The molecule has 2 aromatic carbocycles. The number of amides is 6. The molecule has 0 aliphatic heterocycles. The van der Waals surface area contributed by atoms with Crippen molar-refractivity contribution >= 4 is 71.5 Å². The third kappa shape index (κ3) is 21.1. The summed E-state index contributed by atoms with van der Waals surface area (Å²) in [6.45, 7) is 4.26. The topological polar surface area (TPSA) is 254 Å². The number of hydrogen-bond donors (Lipinski definition) is 10. The van der Waals surface area contributed by atoms with Gasteiger partial charge in [-0.15, -0.1) is 0 Å². The summed E-state index contributed by atoms with van der Waals surface area (Å²) >= 11 is 0. The summed E-state index contributed by atoms with van der Waals surface area (Å²) in [7, 11) is 8.53. The number of carbonyl (C=O) groups is 4. The molecule has 10 N–H and O–H groups in total. The molecule has 0 aliphatic rings. The van der Waals surface area contributed by atoms with Crippen LogP contribution in [0, 0.1) is 0 Å². The lowest BCUT2D eigenvalue weighted by molar-refractivity contribution is -0.122. The maximum atomic E-state index is 12.0. The number of rotatable bonds is 14. The van der Waals surface area contributed by atoms with Crippen molar-refractivity contribution in [1.29, 1.82) is 0 Å². The molecule has 0 saturated heterocycles. The van der Waals surface area contributed by atoms with Crippen LogP contribution in [0.15, 0.2) is 68.5 Å². The van der Waals surface area contributed by atoms with E-state index in [1.165, 1.54) is 26.5 Å². The molecule has 0 unspecified atom stereocenters. The van der Waals surface area contributed by atoms with Gasteiger partial charge in [0.2, 0.25) is 12.3 Å². The van der Waals surface area contributed by atoms with Gasteiger partial charge in [-0.3, -0.25) is 29.6 Å². The molecular formula is C32H52N12O6. The predicted octanol–water partition coefficient (Wildman–Crippen LogP) is 1.38. The Morgan fingerprint density at radius 1 is 0.620 bits per heavy atom. The molecule has 50 heavy (non-hydrogen) atoms. The number of nitrogens with one attached hydrogen (secondary N) is 8. The zero-order valence-corrected chi connectivity index (χ0v) is 29.8. The normalized spacial score (nSPS) is 11.4. The van der Waals surface area contributed by atoms with Crippen LogP contribution < -0.4 is 42.5 Å². The van der Waals surface area contributed by atoms with Gasteiger partial charge in [-0.1, -0.05) is 12.1 Å². The lowest BCUT2D eigenvalue weighted by Gasteiger charge is -2.14. The number of nitrogens with zero attached hydrogens (tertiary/aromatic N) is 4. The van der Waals surface area contributed by atoms with Gasteiger partial charge in [-0.05, 0) is 62.7 Å². The van der Waals surface area contributed by atoms with Crippen LogP contribution in [0.5, 0.6) is 0 Å². The van der Waals surface area contributed by atoms with Crippen molar-refractivity contribution in [2.45, 2.75) is 26.2 Å². The molecule has 2 rings (SSSR count). The average molecular weight is 701 g/mol. The van der Waals surface area contributed by atoms with E-state index in [0.29, 0.717) is 24.5 Å². The molecule has 0 fully saturated rings. The second-order valence-corrected chi connectivity index (χ2v) is 8.80. The van der Waals surface area contributed by atoms with Crippen molar-refractivity contribution in [2.24, 2.45) is 20.0 Å². The molecule has 0 aromatic heterocycles. The molecular weight excluding hydrogens is 648 g/mol. The zero-order valence-electron chi connectivity index (χ0n) is 29.8. The maximum Gasteiger partial charge on any atom is 0.321 e. The first-order valence-electron chi connectivity index (χ1n) is 15.2. The second kappa shape index (κ2) is 30.5. The minimum Gasteiger partial charge on any atom is -0.400 e. The van der Waals surface area contributed by atoms with Gasteiger partial charge in [0.15, 0.2) is 0 Å². The standard InChI is InChI=1S/2C15H22N6O2.2CH4O/c2*1-4-18-8-9-19-13(14(22)17-3)21-15(23)20-12-7-5-6-11(10-12)16-2;2*1-2/h2*4-7,9-10,13,16H,8H2,1-3H3,(H,17,22)(H2,20,21,23);2*2H,1H3/t2*13-;;/m10../s1. The van der Waals surface area contributed by atoms with Gasteiger partial charge in [0.1, 0.15) is 0 Å². The van der Waals surface area contributed by atoms with Crippen LogP contribution in [0.25, 0.3) is 0 Å². The molecule has 0 saturated carbocycles. The molecule has 18 nitrogen and oxygen atoms in total. The molecule has 18 heteroatoms. The van der Waals surface area contributed by atoms with E-state index in [4.69, 9.17) is 10.2 Å². The highest BCUT2D eigenvalue weighted by Gasteiger charge is 2.19. The quantitative estimate of drug-likeness (QED) is 0.129. The van der Waals surface area contributed by atoms with E-state index in [1.54, 1.807) is 76.8 Å². The SMILES string of the molecule is CC=NCC=N[C@@H](NC(=O)Nc1cccc(NC)c1)C(=O)NC.CC=NCC=N[C@H](NC(=O)Nc1cccc(NC)c1)C(=O)NC.CO.CO. The summed E-state index contributed by atoms with van der Waals surface area (Å²) in [6, 6.07) is 13.3. The van der Waals surface area contributed by atoms with Gasteiger partial charge >= 0.3 is 12.1 Å². The number of anilines is 4. The number of urea groups is 2. The number of hydrogen-bond acceptors (Lipinski definition) is 12. The Kier molecular flexibility index (Phi) is 28.2.